The number of thioether (sulfide) groups is 1. The molecule has 1 saturated carbocycles. The van der Waals surface area contributed by atoms with Gasteiger partial charge in [-0.3, -0.25) is 14.3 Å². The van der Waals surface area contributed by atoms with Gasteiger partial charge in [-0.15, -0.1) is 10.2 Å². The van der Waals surface area contributed by atoms with Crippen molar-refractivity contribution < 1.29 is 9.21 Å². The molecule has 2 aliphatic rings. The quantitative estimate of drug-likeness (QED) is 0.451. The summed E-state index contributed by atoms with van der Waals surface area (Å²) in [4.78, 5) is 15.1. The van der Waals surface area contributed by atoms with Gasteiger partial charge >= 0.3 is 0 Å². The molecule has 3 heterocycles. The van der Waals surface area contributed by atoms with Crippen LogP contribution in [0, 0.1) is 0 Å². The zero-order valence-corrected chi connectivity index (χ0v) is 19.7. The van der Waals surface area contributed by atoms with Crippen molar-refractivity contribution >= 4 is 23.4 Å². The maximum absolute atomic E-state index is 12.7. The van der Waals surface area contributed by atoms with Crippen LogP contribution in [0.15, 0.2) is 52.2 Å². The van der Waals surface area contributed by atoms with Crippen molar-refractivity contribution in [2.24, 2.45) is 0 Å². The maximum atomic E-state index is 12.7. The van der Waals surface area contributed by atoms with E-state index < -0.39 is 0 Å². The monoisotopic (exact) mass is 465 g/mol. The van der Waals surface area contributed by atoms with E-state index in [0.29, 0.717) is 11.8 Å². The Bertz CT molecular complexity index is 1040. The Labute approximate surface area is 198 Å². The second kappa shape index (κ2) is 10.6. The highest BCUT2D eigenvalue weighted by Crippen LogP contribution is 2.35. The SMILES string of the molecule is O=C(CSc1nnc(-c2ccco2)n1C1CCCCC1)Nc1ccc(CN2CCCC2)cc1. The average molecular weight is 466 g/mol. The molecule has 1 aliphatic carbocycles. The fraction of sp³-hybridized carbons (Fsp3) is 0.480. The molecular formula is C25H31N5O2S. The summed E-state index contributed by atoms with van der Waals surface area (Å²) in [5, 5.41) is 12.6. The highest BCUT2D eigenvalue weighted by Gasteiger charge is 2.25. The van der Waals surface area contributed by atoms with Gasteiger partial charge in [-0.2, -0.15) is 0 Å². The molecule has 8 heteroatoms. The molecule has 1 aromatic carbocycles. The molecular weight excluding hydrogens is 434 g/mol. The van der Waals surface area contributed by atoms with Crippen molar-refractivity contribution in [3.8, 4) is 11.6 Å². The van der Waals surface area contributed by atoms with Crippen molar-refractivity contribution in [3.63, 3.8) is 0 Å². The Morgan fingerprint density at radius 2 is 1.82 bits per heavy atom. The molecule has 0 spiro atoms. The second-order valence-corrected chi connectivity index (χ2v) is 9.90. The van der Waals surface area contributed by atoms with Crippen LogP contribution in [0.5, 0.6) is 0 Å². The largest absolute Gasteiger partial charge is 0.461 e. The Morgan fingerprint density at radius 3 is 2.55 bits per heavy atom. The van der Waals surface area contributed by atoms with E-state index in [-0.39, 0.29) is 5.91 Å². The summed E-state index contributed by atoms with van der Waals surface area (Å²) in [6, 6.07) is 12.3. The molecule has 2 fully saturated rings. The third-order valence-corrected chi connectivity index (χ3v) is 7.46. The fourth-order valence-electron chi connectivity index (χ4n) is 4.84. The van der Waals surface area contributed by atoms with Gasteiger partial charge in [-0.25, -0.2) is 0 Å². The van der Waals surface area contributed by atoms with Crippen LogP contribution in [0.25, 0.3) is 11.6 Å². The topological polar surface area (TPSA) is 76.2 Å². The molecule has 0 bridgehead atoms. The summed E-state index contributed by atoms with van der Waals surface area (Å²) in [5.41, 5.74) is 2.12. The molecule has 1 amide bonds. The number of likely N-dealkylation sites (tertiary alicyclic amines) is 1. The van der Waals surface area contributed by atoms with Gasteiger partial charge in [0.1, 0.15) is 0 Å². The van der Waals surface area contributed by atoms with Crippen LogP contribution in [0.3, 0.4) is 0 Å². The van der Waals surface area contributed by atoms with Gasteiger partial charge in [0.15, 0.2) is 10.9 Å². The van der Waals surface area contributed by atoms with Gasteiger partial charge in [-0.1, -0.05) is 43.2 Å². The first kappa shape index (κ1) is 22.2. The number of furan rings is 1. The van der Waals surface area contributed by atoms with E-state index in [4.69, 9.17) is 4.42 Å². The number of benzene rings is 1. The van der Waals surface area contributed by atoms with Crippen LogP contribution in [-0.4, -0.2) is 44.4 Å². The van der Waals surface area contributed by atoms with Crippen molar-refractivity contribution in [3.05, 3.63) is 48.2 Å². The molecule has 3 aromatic rings. The number of anilines is 1. The van der Waals surface area contributed by atoms with Crippen LogP contribution >= 0.6 is 11.8 Å². The van der Waals surface area contributed by atoms with Crippen LogP contribution in [0.2, 0.25) is 0 Å². The number of nitrogens with one attached hydrogen (secondary N) is 1. The summed E-state index contributed by atoms with van der Waals surface area (Å²) < 4.78 is 7.79. The molecule has 1 saturated heterocycles. The predicted molar refractivity (Wildman–Crippen MR) is 130 cm³/mol. The minimum Gasteiger partial charge on any atom is -0.461 e. The molecule has 1 N–H and O–H groups in total. The number of nitrogens with zero attached hydrogens (tertiary/aromatic N) is 4. The number of carbonyl (C=O) groups is 1. The van der Waals surface area contributed by atoms with Gasteiger partial charge in [0.2, 0.25) is 11.7 Å². The van der Waals surface area contributed by atoms with E-state index in [1.807, 2.05) is 24.3 Å². The lowest BCUT2D eigenvalue weighted by Gasteiger charge is -2.25. The summed E-state index contributed by atoms with van der Waals surface area (Å²) >= 11 is 1.44. The van der Waals surface area contributed by atoms with E-state index in [2.05, 4.69) is 37.1 Å². The van der Waals surface area contributed by atoms with Crippen LogP contribution < -0.4 is 5.32 Å². The van der Waals surface area contributed by atoms with Crippen molar-refractivity contribution in [1.82, 2.24) is 19.7 Å². The van der Waals surface area contributed by atoms with Gasteiger partial charge in [0, 0.05) is 18.3 Å². The van der Waals surface area contributed by atoms with Crippen LogP contribution in [0.1, 0.15) is 56.6 Å². The lowest BCUT2D eigenvalue weighted by Crippen LogP contribution is -2.18. The van der Waals surface area contributed by atoms with E-state index in [1.54, 1.807) is 6.26 Å². The number of amides is 1. The van der Waals surface area contributed by atoms with Gasteiger partial charge in [0.25, 0.3) is 0 Å². The number of carbonyl (C=O) groups excluding carboxylic acids is 1. The Balaban J connectivity index is 1.21. The van der Waals surface area contributed by atoms with Crippen molar-refractivity contribution in [2.45, 2.75) is 62.7 Å². The van der Waals surface area contributed by atoms with Gasteiger partial charge < -0.3 is 9.73 Å². The third kappa shape index (κ3) is 5.50. The molecule has 7 nitrogen and oxygen atoms in total. The first-order chi connectivity index (χ1) is 16.3. The lowest BCUT2D eigenvalue weighted by atomic mass is 9.95. The minimum absolute atomic E-state index is 0.0370. The zero-order valence-electron chi connectivity index (χ0n) is 18.9. The molecule has 0 radical (unpaired) electrons. The number of hydrogen-bond donors (Lipinski definition) is 1. The fourth-order valence-corrected chi connectivity index (χ4v) is 5.64. The summed E-state index contributed by atoms with van der Waals surface area (Å²) in [6.45, 7) is 3.35. The normalized spacial score (nSPS) is 17.5. The lowest BCUT2D eigenvalue weighted by molar-refractivity contribution is -0.113. The summed E-state index contributed by atoms with van der Waals surface area (Å²) in [5.74, 6) is 1.73. The first-order valence-electron chi connectivity index (χ1n) is 12.0. The Hall–Kier alpha value is -2.58. The standard InChI is InChI=1S/C25H31N5O2S/c31-23(26-20-12-10-19(11-13-20)17-29-14-4-5-15-29)18-33-25-28-27-24(22-9-6-16-32-22)30(25)21-7-2-1-3-8-21/h6,9-13,16,21H,1-5,7-8,14-15,17-18H2,(H,26,31). The molecule has 0 unspecified atom stereocenters. The number of aromatic nitrogens is 3. The second-order valence-electron chi connectivity index (χ2n) is 8.96. The van der Waals surface area contributed by atoms with Crippen LogP contribution in [0.4, 0.5) is 5.69 Å². The molecule has 1 aliphatic heterocycles. The highest BCUT2D eigenvalue weighted by atomic mass is 32.2. The van der Waals surface area contributed by atoms with Gasteiger partial charge in [-0.05, 0) is 68.6 Å². The molecule has 5 rings (SSSR count). The van der Waals surface area contributed by atoms with Crippen molar-refractivity contribution in [1.29, 1.82) is 0 Å². The van der Waals surface area contributed by atoms with E-state index >= 15 is 0 Å². The third-order valence-electron chi connectivity index (χ3n) is 6.52. The van der Waals surface area contributed by atoms with Gasteiger partial charge in [0.05, 0.1) is 12.0 Å². The summed E-state index contributed by atoms with van der Waals surface area (Å²) in [6.07, 6.45) is 10.1. The molecule has 2 aromatic heterocycles. The maximum Gasteiger partial charge on any atom is 0.234 e. The number of rotatable bonds is 8. The van der Waals surface area contributed by atoms with E-state index in [9.17, 15) is 4.79 Å². The zero-order chi connectivity index (χ0) is 22.5. The first-order valence-corrected chi connectivity index (χ1v) is 13.0. The molecule has 33 heavy (non-hydrogen) atoms. The number of hydrogen-bond acceptors (Lipinski definition) is 6. The van der Waals surface area contributed by atoms with E-state index in [0.717, 1.165) is 41.8 Å². The van der Waals surface area contributed by atoms with Crippen molar-refractivity contribution in [2.75, 3.05) is 24.2 Å². The van der Waals surface area contributed by atoms with Crippen LogP contribution in [-0.2, 0) is 11.3 Å². The summed E-state index contributed by atoms with van der Waals surface area (Å²) in [7, 11) is 0. The highest BCUT2D eigenvalue weighted by molar-refractivity contribution is 7.99. The minimum atomic E-state index is -0.0370. The predicted octanol–water partition coefficient (Wildman–Crippen LogP) is 5.37. The Morgan fingerprint density at radius 1 is 1.03 bits per heavy atom. The molecule has 174 valence electrons. The smallest absolute Gasteiger partial charge is 0.234 e. The average Bonchev–Trinajstić information content (AvgIpc) is 3.61. The van der Waals surface area contributed by atoms with E-state index in [1.165, 1.54) is 62.5 Å². The Kier molecular flexibility index (Phi) is 7.12. The molecule has 0 atom stereocenters.